The van der Waals surface area contributed by atoms with Crippen LogP contribution >= 0.6 is 24.0 Å². The first-order chi connectivity index (χ1) is 13.2. The Kier molecular flexibility index (Phi) is 10.3. The van der Waals surface area contributed by atoms with Crippen molar-refractivity contribution < 1.29 is 9.47 Å². The van der Waals surface area contributed by atoms with Crippen molar-refractivity contribution in [2.45, 2.75) is 57.6 Å². The highest BCUT2D eigenvalue weighted by Crippen LogP contribution is 2.23. The third-order valence-corrected chi connectivity index (χ3v) is 5.63. The van der Waals surface area contributed by atoms with Crippen LogP contribution in [0.3, 0.4) is 0 Å². The minimum absolute atomic E-state index is 0. The molecule has 0 amide bonds. The smallest absolute Gasteiger partial charge is 0.213 e. The summed E-state index contributed by atoms with van der Waals surface area (Å²) in [6, 6.07) is 4.07. The van der Waals surface area contributed by atoms with E-state index in [9.17, 15) is 0 Å². The highest BCUT2D eigenvalue weighted by atomic mass is 127. The van der Waals surface area contributed by atoms with E-state index in [0.717, 1.165) is 62.5 Å². The quantitative estimate of drug-likeness (QED) is 0.349. The minimum Gasteiger partial charge on any atom is -0.474 e. The number of aromatic nitrogens is 1. The number of pyridine rings is 1. The Morgan fingerprint density at radius 2 is 2.04 bits per heavy atom. The molecule has 7 heteroatoms. The van der Waals surface area contributed by atoms with E-state index in [1.165, 1.54) is 32.1 Å². The molecule has 158 valence electrons. The number of nitrogens with zero attached hydrogens (tertiary/aromatic N) is 3. The van der Waals surface area contributed by atoms with Gasteiger partial charge in [0.1, 0.15) is 6.10 Å². The summed E-state index contributed by atoms with van der Waals surface area (Å²) >= 11 is 0. The van der Waals surface area contributed by atoms with E-state index in [0.29, 0.717) is 6.10 Å². The van der Waals surface area contributed by atoms with Crippen LogP contribution in [-0.4, -0.2) is 55.8 Å². The molecule has 2 heterocycles. The molecule has 1 aliphatic heterocycles. The van der Waals surface area contributed by atoms with Crippen LogP contribution in [0.2, 0.25) is 0 Å². The maximum Gasteiger partial charge on any atom is 0.213 e. The second-order valence-corrected chi connectivity index (χ2v) is 7.69. The Morgan fingerprint density at radius 3 is 2.75 bits per heavy atom. The summed E-state index contributed by atoms with van der Waals surface area (Å²) < 4.78 is 11.5. The third-order valence-electron chi connectivity index (χ3n) is 5.63. The van der Waals surface area contributed by atoms with Gasteiger partial charge in [-0.15, -0.1) is 24.0 Å². The van der Waals surface area contributed by atoms with Crippen LogP contribution in [-0.2, 0) is 11.3 Å². The van der Waals surface area contributed by atoms with Crippen molar-refractivity contribution >= 4 is 29.9 Å². The summed E-state index contributed by atoms with van der Waals surface area (Å²) in [4.78, 5) is 11.0. The van der Waals surface area contributed by atoms with Crippen LogP contribution in [0, 0.1) is 5.92 Å². The summed E-state index contributed by atoms with van der Waals surface area (Å²) in [7, 11) is 3.95. The van der Waals surface area contributed by atoms with Crippen molar-refractivity contribution in [2.75, 3.05) is 33.9 Å². The number of halogens is 1. The molecule has 0 atom stereocenters. The number of hydrogen-bond donors (Lipinski definition) is 1. The fourth-order valence-corrected chi connectivity index (χ4v) is 3.88. The minimum atomic E-state index is 0. The summed E-state index contributed by atoms with van der Waals surface area (Å²) in [5.74, 6) is 2.44. The van der Waals surface area contributed by atoms with Crippen molar-refractivity contribution in [3.05, 3.63) is 23.9 Å². The van der Waals surface area contributed by atoms with Crippen LogP contribution < -0.4 is 10.1 Å². The molecule has 28 heavy (non-hydrogen) atoms. The predicted octanol–water partition coefficient (Wildman–Crippen LogP) is 3.84. The van der Waals surface area contributed by atoms with Gasteiger partial charge in [0.05, 0.1) is 0 Å². The fourth-order valence-electron chi connectivity index (χ4n) is 3.88. The number of ether oxygens (including phenoxy) is 2. The number of hydrogen-bond acceptors (Lipinski definition) is 4. The Hall–Kier alpha value is -1.09. The van der Waals surface area contributed by atoms with Crippen molar-refractivity contribution in [1.82, 2.24) is 15.2 Å². The molecule has 6 nitrogen and oxygen atoms in total. The van der Waals surface area contributed by atoms with Gasteiger partial charge in [0.15, 0.2) is 5.96 Å². The molecule has 0 spiro atoms. The van der Waals surface area contributed by atoms with Crippen molar-refractivity contribution in [3.8, 4) is 5.88 Å². The van der Waals surface area contributed by atoms with Crippen molar-refractivity contribution in [2.24, 2.45) is 10.9 Å². The molecule has 1 aliphatic carbocycles. The van der Waals surface area contributed by atoms with Gasteiger partial charge in [-0.3, -0.25) is 4.99 Å². The lowest BCUT2D eigenvalue weighted by Crippen LogP contribution is -2.39. The topological polar surface area (TPSA) is 59.0 Å². The van der Waals surface area contributed by atoms with Gasteiger partial charge in [0.2, 0.25) is 5.88 Å². The standard InChI is InChI=1S/C21H34N4O2.HI/c1-22-21(25(2)12-8-17-9-13-26-14-10-17)24-16-18-7-11-23-20(15-18)27-19-5-3-4-6-19;/h7,11,15,17,19H,3-6,8-10,12-14,16H2,1-2H3,(H,22,24);1H. The molecule has 1 aromatic rings. The Bertz CT molecular complexity index is 602. The zero-order chi connectivity index (χ0) is 18.9. The van der Waals surface area contributed by atoms with E-state index >= 15 is 0 Å². The number of nitrogens with one attached hydrogen (secondary N) is 1. The first-order valence-corrected chi connectivity index (χ1v) is 10.4. The Labute approximate surface area is 186 Å². The normalized spacial score (nSPS) is 18.6. The van der Waals surface area contributed by atoms with Crippen molar-refractivity contribution in [1.29, 1.82) is 0 Å². The molecule has 0 radical (unpaired) electrons. The Morgan fingerprint density at radius 1 is 1.29 bits per heavy atom. The van der Waals surface area contributed by atoms with E-state index in [1.54, 1.807) is 0 Å². The van der Waals surface area contributed by atoms with Crippen LogP contribution in [0.15, 0.2) is 23.3 Å². The van der Waals surface area contributed by atoms with Crippen LogP contribution in [0.5, 0.6) is 5.88 Å². The van der Waals surface area contributed by atoms with Gasteiger partial charge in [0, 0.05) is 52.7 Å². The first-order valence-electron chi connectivity index (χ1n) is 10.4. The number of rotatable bonds is 7. The summed E-state index contributed by atoms with van der Waals surface area (Å²) in [6.45, 7) is 3.55. The zero-order valence-corrected chi connectivity index (χ0v) is 19.6. The molecule has 1 aromatic heterocycles. The van der Waals surface area contributed by atoms with Gasteiger partial charge in [-0.05, 0) is 62.5 Å². The van der Waals surface area contributed by atoms with E-state index in [2.05, 4.69) is 27.2 Å². The maximum atomic E-state index is 6.01. The van der Waals surface area contributed by atoms with E-state index < -0.39 is 0 Å². The lowest BCUT2D eigenvalue weighted by atomic mass is 9.96. The van der Waals surface area contributed by atoms with Gasteiger partial charge in [0.25, 0.3) is 0 Å². The van der Waals surface area contributed by atoms with Gasteiger partial charge >= 0.3 is 0 Å². The van der Waals surface area contributed by atoms with E-state index in [4.69, 9.17) is 9.47 Å². The van der Waals surface area contributed by atoms with Gasteiger partial charge in [-0.1, -0.05) is 0 Å². The van der Waals surface area contributed by atoms with Gasteiger partial charge < -0.3 is 19.7 Å². The number of aliphatic imine (C=N–C) groups is 1. The average Bonchev–Trinajstić information content (AvgIpc) is 3.21. The molecule has 0 bridgehead atoms. The van der Waals surface area contributed by atoms with E-state index in [1.807, 2.05) is 25.4 Å². The highest BCUT2D eigenvalue weighted by molar-refractivity contribution is 14.0. The Balaban J connectivity index is 0.00000280. The summed E-state index contributed by atoms with van der Waals surface area (Å²) in [5, 5.41) is 3.46. The summed E-state index contributed by atoms with van der Waals surface area (Å²) in [5.41, 5.74) is 1.16. The monoisotopic (exact) mass is 502 g/mol. The molecule has 0 aromatic carbocycles. The van der Waals surface area contributed by atoms with Crippen molar-refractivity contribution in [3.63, 3.8) is 0 Å². The maximum absolute atomic E-state index is 6.01. The lowest BCUT2D eigenvalue weighted by Gasteiger charge is -2.26. The molecule has 3 rings (SSSR count). The molecule has 2 fully saturated rings. The SMILES string of the molecule is CN=C(NCc1ccnc(OC2CCCC2)c1)N(C)CCC1CCOCC1.I. The molecular formula is C21H35IN4O2. The first kappa shape index (κ1) is 23.2. The second-order valence-electron chi connectivity index (χ2n) is 7.69. The molecule has 1 saturated carbocycles. The van der Waals surface area contributed by atoms with Crippen LogP contribution in [0.1, 0.15) is 50.5 Å². The van der Waals surface area contributed by atoms with Gasteiger partial charge in [-0.25, -0.2) is 4.98 Å². The van der Waals surface area contributed by atoms with Crippen LogP contribution in [0.4, 0.5) is 0 Å². The average molecular weight is 502 g/mol. The molecule has 2 aliphatic rings. The third kappa shape index (κ3) is 7.39. The highest BCUT2D eigenvalue weighted by Gasteiger charge is 2.17. The van der Waals surface area contributed by atoms with E-state index in [-0.39, 0.29) is 24.0 Å². The van der Waals surface area contributed by atoms with Gasteiger partial charge in [-0.2, -0.15) is 0 Å². The molecule has 0 unspecified atom stereocenters. The number of guanidine groups is 1. The molecular weight excluding hydrogens is 467 g/mol. The fraction of sp³-hybridized carbons (Fsp3) is 0.714. The predicted molar refractivity (Wildman–Crippen MR) is 124 cm³/mol. The van der Waals surface area contributed by atoms with Crippen LogP contribution in [0.25, 0.3) is 0 Å². The second kappa shape index (κ2) is 12.5. The lowest BCUT2D eigenvalue weighted by molar-refractivity contribution is 0.0625. The summed E-state index contributed by atoms with van der Waals surface area (Å²) in [6.07, 6.45) is 10.5. The molecule has 1 N–H and O–H groups in total. The largest absolute Gasteiger partial charge is 0.474 e. The molecule has 1 saturated heterocycles. The zero-order valence-electron chi connectivity index (χ0n) is 17.2.